The third-order valence-electron chi connectivity index (χ3n) is 1.50. The maximum absolute atomic E-state index is 5.48. The van der Waals surface area contributed by atoms with Crippen molar-refractivity contribution in [2.75, 3.05) is 6.54 Å². The van der Waals surface area contributed by atoms with E-state index in [1.165, 1.54) is 0 Å². The summed E-state index contributed by atoms with van der Waals surface area (Å²) in [6.45, 7) is 12.0. The zero-order chi connectivity index (χ0) is 8.15. The number of nitrogens with two attached hydrogens (primary N) is 1. The second-order valence-corrected chi connectivity index (χ2v) is 2.35. The highest BCUT2D eigenvalue weighted by Crippen LogP contribution is 2.11. The Morgan fingerprint density at radius 1 is 1.50 bits per heavy atom. The molecular weight excluding hydrogens is 122 g/mol. The van der Waals surface area contributed by atoms with Crippen molar-refractivity contribution in [3.63, 3.8) is 0 Å². The first-order chi connectivity index (χ1) is 4.63. The molecule has 0 aromatic rings. The molecule has 0 fully saturated rings. The Morgan fingerprint density at radius 3 is 2.10 bits per heavy atom. The van der Waals surface area contributed by atoms with Crippen molar-refractivity contribution in [1.82, 2.24) is 0 Å². The summed E-state index contributed by atoms with van der Waals surface area (Å²) in [4.78, 5) is 0. The quantitative estimate of drug-likeness (QED) is 0.592. The third kappa shape index (κ3) is 2.19. The van der Waals surface area contributed by atoms with Crippen molar-refractivity contribution in [3.05, 3.63) is 36.0 Å². The number of rotatable bonds is 3. The zero-order valence-electron chi connectivity index (χ0n) is 6.78. The van der Waals surface area contributed by atoms with Gasteiger partial charge in [0.1, 0.15) is 0 Å². The van der Waals surface area contributed by atoms with Crippen LogP contribution in [0.5, 0.6) is 0 Å². The van der Waals surface area contributed by atoms with Gasteiger partial charge in [-0.3, -0.25) is 0 Å². The monoisotopic (exact) mass is 137 g/mol. The largest absolute Gasteiger partial charge is 0.326 e. The fraction of sp³-hybridized carbons (Fsp3) is 0.333. The van der Waals surface area contributed by atoms with Crippen LogP contribution in [0.2, 0.25) is 0 Å². The van der Waals surface area contributed by atoms with Gasteiger partial charge >= 0.3 is 0 Å². The predicted octanol–water partition coefficient (Wildman–Crippen LogP) is 2.02. The average Bonchev–Trinajstić information content (AvgIpc) is 1.88. The van der Waals surface area contributed by atoms with E-state index in [2.05, 4.69) is 13.2 Å². The molecule has 0 bridgehead atoms. The van der Waals surface area contributed by atoms with Crippen LogP contribution in [0.4, 0.5) is 0 Å². The molecule has 2 N–H and O–H groups in total. The van der Waals surface area contributed by atoms with Crippen molar-refractivity contribution < 1.29 is 0 Å². The van der Waals surface area contributed by atoms with Crippen LogP contribution in [-0.2, 0) is 0 Å². The van der Waals surface area contributed by atoms with Gasteiger partial charge in [-0.2, -0.15) is 0 Å². The van der Waals surface area contributed by atoms with Crippen LogP contribution in [-0.4, -0.2) is 6.54 Å². The molecule has 0 aromatic carbocycles. The molecule has 0 aliphatic carbocycles. The highest BCUT2D eigenvalue weighted by atomic mass is 14.5. The van der Waals surface area contributed by atoms with Crippen LogP contribution in [0, 0.1) is 0 Å². The molecule has 0 aliphatic heterocycles. The fourth-order valence-electron chi connectivity index (χ4n) is 0.795. The summed E-state index contributed by atoms with van der Waals surface area (Å²) in [5.41, 5.74) is 8.74. The minimum absolute atomic E-state index is 0.549. The van der Waals surface area contributed by atoms with Crippen molar-refractivity contribution in [2.45, 2.75) is 13.8 Å². The van der Waals surface area contributed by atoms with Gasteiger partial charge in [0, 0.05) is 6.54 Å². The minimum Gasteiger partial charge on any atom is -0.326 e. The van der Waals surface area contributed by atoms with Gasteiger partial charge in [-0.25, -0.2) is 0 Å². The summed E-state index contributed by atoms with van der Waals surface area (Å²) < 4.78 is 0. The normalized spacial score (nSPS) is 12.3. The van der Waals surface area contributed by atoms with Crippen LogP contribution in [0.3, 0.4) is 0 Å². The van der Waals surface area contributed by atoms with Crippen molar-refractivity contribution >= 4 is 0 Å². The highest BCUT2D eigenvalue weighted by Gasteiger charge is 1.96. The van der Waals surface area contributed by atoms with E-state index in [-0.39, 0.29) is 0 Å². The highest BCUT2D eigenvalue weighted by molar-refractivity contribution is 5.36. The van der Waals surface area contributed by atoms with Crippen LogP contribution in [0.15, 0.2) is 36.0 Å². The van der Waals surface area contributed by atoms with Crippen molar-refractivity contribution in [1.29, 1.82) is 0 Å². The fourth-order valence-corrected chi connectivity index (χ4v) is 0.795. The summed E-state index contributed by atoms with van der Waals surface area (Å²) in [6.07, 6.45) is 1.80. The Morgan fingerprint density at radius 2 is 2.00 bits per heavy atom. The van der Waals surface area contributed by atoms with Crippen LogP contribution in [0.25, 0.3) is 0 Å². The van der Waals surface area contributed by atoms with Gasteiger partial charge in [-0.15, -0.1) is 0 Å². The van der Waals surface area contributed by atoms with E-state index in [1.807, 2.05) is 13.8 Å². The maximum Gasteiger partial charge on any atom is 0.0183 e. The molecule has 0 rings (SSSR count). The second kappa shape index (κ2) is 4.07. The molecule has 10 heavy (non-hydrogen) atoms. The smallest absolute Gasteiger partial charge is 0.0183 e. The Balaban J connectivity index is 4.62. The Hall–Kier alpha value is -0.820. The van der Waals surface area contributed by atoms with Gasteiger partial charge < -0.3 is 5.73 Å². The molecule has 0 aliphatic rings. The standard InChI is InChI=1S/C9H15N/c1-5-8(4)9(6-10)7(2)3/h5H,1-2,6,10H2,3-4H3/b9-8-. The summed E-state index contributed by atoms with van der Waals surface area (Å²) in [5.74, 6) is 0. The molecule has 0 amide bonds. The van der Waals surface area contributed by atoms with Crippen LogP contribution >= 0.6 is 0 Å². The van der Waals surface area contributed by atoms with Gasteiger partial charge in [0.25, 0.3) is 0 Å². The van der Waals surface area contributed by atoms with E-state index in [1.54, 1.807) is 6.08 Å². The van der Waals surface area contributed by atoms with E-state index in [9.17, 15) is 0 Å². The molecule has 0 saturated carbocycles. The lowest BCUT2D eigenvalue weighted by molar-refractivity contribution is 1.12. The zero-order valence-corrected chi connectivity index (χ0v) is 6.78. The Labute approximate surface area is 62.9 Å². The Kier molecular flexibility index (Phi) is 3.74. The minimum atomic E-state index is 0.549. The first kappa shape index (κ1) is 9.18. The van der Waals surface area contributed by atoms with Gasteiger partial charge in [-0.05, 0) is 25.0 Å². The van der Waals surface area contributed by atoms with Gasteiger partial charge in [0.2, 0.25) is 0 Å². The van der Waals surface area contributed by atoms with Crippen LogP contribution < -0.4 is 5.73 Å². The predicted molar refractivity (Wildman–Crippen MR) is 46.8 cm³/mol. The molecule has 0 atom stereocenters. The van der Waals surface area contributed by atoms with E-state index < -0.39 is 0 Å². The molecule has 1 nitrogen and oxygen atoms in total. The molecular formula is C9H15N. The van der Waals surface area contributed by atoms with E-state index in [0.717, 1.165) is 16.7 Å². The van der Waals surface area contributed by atoms with Gasteiger partial charge in [0.15, 0.2) is 0 Å². The van der Waals surface area contributed by atoms with E-state index >= 15 is 0 Å². The first-order valence-electron chi connectivity index (χ1n) is 3.31. The average molecular weight is 137 g/mol. The van der Waals surface area contributed by atoms with Crippen molar-refractivity contribution in [2.24, 2.45) is 5.73 Å². The summed E-state index contributed by atoms with van der Waals surface area (Å²) in [6, 6.07) is 0. The summed E-state index contributed by atoms with van der Waals surface area (Å²) in [5, 5.41) is 0. The molecule has 56 valence electrons. The molecule has 0 spiro atoms. The molecule has 0 radical (unpaired) electrons. The molecule has 1 heteroatoms. The lowest BCUT2D eigenvalue weighted by Gasteiger charge is -2.05. The number of hydrogen-bond acceptors (Lipinski definition) is 1. The SMILES string of the molecule is C=C/C(C)=C(/CN)C(=C)C. The lowest BCUT2D eigenvalue weighted by Crippen LogP contribution is -2.05. The molecule has 0 unspecified atom stereocenters. The van der Waals surface area contributed by atoms with E-state index in [0.29, 0.717) is 6.54 Å². The number of allylic oxidation sites excluding steroid dienone is 2. The summed E-state index contributed by atoms with van der Waals surface area (Å²) in [7, 11) is 0. The van der Waals surface area contributed by atoms with Crippen molar-refractivity contribution in [3.8, 4) is 0 Å². The second-order valence-electron chi connectivity index (χ2n) is 2.35. The number of hydrogen-bond donors (Lipinski definition) is 1. The van der Waals surface area contributed by atoms with E-state index in [4.69, 9.17) is 5.73 Å². The molecule has 0 aromatic heterocycles. The van der Waals surface area contributed by atoms with Gasteiger partial charge in [-0.1, -0.05) is 24.8 Å². The van der Waals surface area contributed by atoms with Crippen LogP contribution in [0.1, 0.15) is 13.8 Å². The molecule has 0 saturated heterocycles. The molecule has 0 heterocycles. The topological polar surface area (TPSA) is 26.0 Å². The maximum atomic E-state index is 5.48. The summed E-state index contributed by atoms with van der Waals surface area (Å²) >= 11 is 0. The first-order valence-corrected chi connectivity index (χ1v) is 3.31. The lowest BCUT2D eigenvalue weighted by atomic mass is 10.0. The Bertz CT molecular complexity index is 175. The third-order valence-corrected chi connectivity index (χ3v) is 1.50. The van der Waals surface area contributed by atoms with Gasteiger partial charge in [0.05, 0.1) is 0 Å².